The summed E-state index contributed by atoms with van der Waals surface area (Å²) in [6.45, 7) is 2.77. The molecule has 0 fully saturated rings. The van der Waals surface area contributed by atoms with E-state index in [9.17, 15) is 4.39 Å². The SMILES string of the molecule is CCNc1nc(-c2cc(F)c(Cl)cc2Cl)cs1. The summed E-state index contributed by atoms with van der Waals surface area (Å²) in [6.07, 6.45) is 0. The van der Waals surface area contributed by atoms with E-state index in [1.165, 1.54) is 23.5 Å². The van der Waals surface area contributed by atoms with Crippen LogP contribution in [-0.4, -0.2) is 11.5 Å². The first-order valence-electron chi connectivity index (χ1n) is 4.96. The van der Waals surface area contributed by atoms with Crippen molar-refractivity contribution in [3.8, 4) is 11.3 Å². The Kier molecular flexibility index (Phi) is 3.86. The van der Waals surface area contributed by atoms with Gasteiger partial charge in [0, 0.05) is 17.5 Å². The number of thiazole rings is 1. The van der Waals surface area contributed by atoms with Gasteiger partial charge in [0.15, 0.2) is 5.13 Å². The van der Waals surface area contributed by atoms with Crippen LogP contribution in [0.4, 0.5) is 9.52 Å². The Labute approximate surface area is 112 Å². The highest BCUT2D eigenvalue weighted by Gasteiger charge is 2.11. The summed E-state index contributed by atoms with van der Waals surface area (Å²) >= 11 is 13.1. The van der Waals surface area contributed by atoms with Gasteiger partial charge in [-0.1, -0.05) is 23.2 Å². The molecule has 0 aliphatic heterocycles. The van der Waals surface area contributed by atoms with Gasteiger partial charge in [-0.3, -0.25) is 0 Å². The Bertz CT molecular complexity index is 542. The molecule has 0 saturated heterocycles. The third-order valence-electron chi connectivity index (χ3n) is 2.12. The number of aromatic nitrogens is 1. The predicted molar refractivity (Wildman–Crippen MR) is 71.7 cm³/mol. The van der Waals surface area contributed by atoms with Crippen molar-refractivity contribution < 1.29 is 4.39 Å². The van der Waals surface area contributed by atoms with E-state index in [4.69, 9.17) is 23.2 Å². The molecule has 0 unspecified atom stereocenters. The maximum atomic E-state index is 13.4. The molecule has 0 radical (unpaired) electrons. The average molecular weight is 291 g/mol. The predicted octanol–water partition coefficient (Wildman–Crippen LogP) is 4.69. The lowest BCUT2D eigenvalue weighted by Crippen LogP contribution is -1.95. The Balaban J connectivity index is 2.41. The molecule has 17 heavy (non-hydrogen) atoms. The van der Waals surface area contributed by atoms with Crippen molar-refractivity contribution >= 4 is 39.7 Å². The van der Waals surface area contributed by atoms with Gasteiger partial charge < -0.3 is 5.32 Å². The first-order valence-corrected chi connectivity index (χ1v) is 6.59. The number of hydrogen-bond donors (Lipinski definition) is 1. The van der Waals surface area contributed by atoms with Crippen LogP contribution < -0.4 is 5.32 Å². The highest BCUT2D eigenvalue weighted by Crippen LogP contribution is 2.33. The van der Waals surface area contributed by atoms with Crippen LogP contribution in [0.25, 0.3) is 11.3 Å². The topological polar surface area (TPSA) is 24.9 Å². The Morgan fingerprint density at radius 3 is 2.82 bits per heavy atom. The average Bonchev–Trinajstić information content (AvgIpc) is 2.72. The van der Waals surface area contributed by atoms with E-state index >= 15 is 0 Å². The molecule has 1 aromatic heterocycles. The zero-order valence-electron chi connectivity index (χ0n) is 8.93. The lowest BCUT2D eigenvalue weighted by atomic mass is 10.2. The number of anilines is 1. The van der Waals surface area contributed by atoms with Gasteiger partial charge in [0.1, 0.15) is 5.82 Å². The van der Waals surface area contributed by atoms with E-state index in [0.29, 0.717) is 16.3 Å². The molecule has 0 atom stereocenters. The van der Waals surface area contributed by atoms with Crippen LogP contribution in [0.15, 0.2) is 17.5 Å². The zero-order valence-corrected chi connectivity index (χ0v) is 11.3. The summed E-state index contributed by atoms with van der Waals surface area (Å²) in [5.74, 6) is -0.496. The summed E-state index contributed by atoms with van der Waals surface area (Å²) in [4.78, 5) is 4.32. The third-order valence-corrected chi connectivity index (χ3v) is 3.52. The molecule has 2 rings (SSSR count). The molecule has 0 spiro atoms. The second-order valence-corrected chi connectivity index (χ2v) is 4.99. The lowest BCUT2D eigenvalue weighted by molar-refractivity contribution is 0.629. The van der Waals surface area contributed by atoms with Crippen molar-refractivity contribution in [2.75, 3.05) is 11.9 Å². The first-order chi connectivity index (χ1) is 8.11. The Morgan fingerprint density at radius 2 is 2.12 bits per heavy atom. The van der Waals surface area contributed by atoms with Gasteiger partial charge in [-0.2, -0.15) is 0 Å². The van der Waals surface area contributed by atoms with E-state index in [0.717, 1.165) is 11.7 Å². The summed E-state index contributed by atoms with van der Waals surface area (Å²) in [6, 6.07) is 2.69. The standard InChI is InChI=1S/C11H9Cl2FN2S/c1-2-15-11-16-10(5-17-11)6-3-9(14)8(13)4-7(6)12/h3-5H,2H2,1H3,(H,15,16). The second-order valence-electron chi connectivity index (χ2n) is 3.31. The zero-order chi connectivity index (χ0) is 12.4. The van der Waals surface area contributed by atoms with Crippen LogP contribution in [0, 0.1) is 5.82 Å². The highest BCUT2D eigenvalue weighted by atomic mass is 35.5. The van der Waals surface area contributed by atoms with Gasteiger partial charge in [-0.15, -0.1) is 11.3 Å². The monoisotopic (exact) mass is 290 g/mol. The Hall–Kier alpha value is -0.840. The summed E-state index contributed by atoms with van der Waals surface area (Å²) in [5, 5.41) is 6.11. The quantitative estimate of drug-likeness (QED) is 0.830. The van der Waals surface area contributed by atoms with Crippen molar-refractivity contribution in [3.63, 3.8) is 0 Å². The Morgan fingerprint density at radius 1 is 1.35 bits per heavy atom. The van der Waals surface area contributed by atoms with Crippen molar-refractivity contribution in [1.82, 2.24) is 4.98 Å². The summed E-state index contributed by atoms with van der Waals surface area (Å²) in [7, 11) is 0. The van der Waals surface area contributed by atoms with Crippen molar-refractivity contribution in [2.45, 2.75) is 6.92 Å². The van der Waals surface area contributed by atoms with Crippen LogP contribution in [0.2, 0.25) is 10.0 Å². The fraction of sp³-hybridized carbons (Fsp3) is 0.182. The summed E-state index contributed by atoms with van der Waals surface area (Å²) < 4.78 is 13.4. The first kappa shape index (κ1) is 12.6. The van der Waals surface area contributed by atoms with Crippen molar-refractivity contribution in [1.29, 1.82) is 0 Å². The fourth-order valence-electron chi connectivity index (χ4n) is 1.35. The third kappa shape index (κ3) is 2.70. The maximum absolute atomic E-state index is 13.4. The smallest absolute Gasteiger partial charge is 0.183 e. The molecule has 0 aliphatic carbocycles. The molecule has 1 aromatic carbocycles. The van der Waals surface area contributed by atoms with E-state index < -0.39 is 5.82 Å². The van der Waals surface area contributed by atoms with Gasteiger partial charge in [-0.25, -0.2) is 9.37 Å². The van der Waals surface area contributed by atoms with Crippen LogP contribution in [0.3, 0.4) is 0 Å². The number of rotatable bonds is 3. The number of halogens is 3. The normalized spacial score (nSPS) is 10.6. The molecule has 1 N–H and O–H groups in total. The van der Waals surface area contributed by atoms with E-state index in [1.54, 1.807) is 0 Å². The van der Waals surface area contributed by atoms with E-state index in [2.05, 4.69) is 10.3 Å². The highest BCUT2D eigenvalue weighted by molar-refractivity contribution is 7.14. The van der Waals surface area contributed by atoms with E-state index in [1.807, 2.05) is 12.3 Å². The molecular formula is C11H9Cl2FN2S. The molecule has 2 aromatic rings. The van der Waals surface area contributed by atoms with Gasteiger partial charge >= 0.3 is 0 Å². The fourth-order valence-corrected chi connectivity index (χ4v) is 2.61. The number of hydrogen-bond acceptors (Lipinski definition) is 3. The molecular weight excluding hydrogens is 282 g/mol. The van der Waals surface area contributed by atoms with Crippen LogP contribution >= 0.6 is 34.5 Å². The van der Waals surface area contributed by atoms with Gasteiger partial charge in [0.2, 0.25) is 0 Å². The van der Waals surface area contributed by atoms with Gasteiger partial charge in [0.25, 0.3) is 0 Å². The van der Waals surface area contributed by atoms with Gasteiger partial charge in [-0.05, 0) is 19.1 Å². The molecule has 0 aliphatic rings. The molecule has 2 nitrogen and oxygen atoms in total. The summed E-state index contributed by atoms with van der Waals surface area (Å²) in [5.41, 5.74) is 1.19. The molecule has 1 heterocycles. The lowest BCUT2D eigenvalue weighted by Gasteiger charge is -2.02. The largest absolute Gasteiger partial charge is 0.362 e. The number of nitrogens with zero attached hydrogens (tertiary/aromatic N) is 1. The van der Waals surface area contributed by atoms with Crippen LogP contribution in [-0.2, 0) is 0 Å². The maximum Gasteiger partial charge on any atom is 0.183 e. The molecule has 90 valence electrons. The van der Waals surface area contributed by atoms with E-state index in [-0.39, 0.29) is 5.02 Å². The van der Waals surface area contributed by atoms with Gasteiger partial charge in [0.05, 0.1) is 15.7 Å². The molecule has 6 heteroatoms. The number of nitrogens with one attached hydrogen (secondary N) is 1. The minimum absolute atomic E-state index is 0.0147. The van der Waals surface area contributed by atoms with Crippen molar-refractivity contribution in [2.24, 2.45) is 0 Å². The molecule has 0 amide bonds. The number of benzene rings is 1. The van der Waals surface area contributed by atoms with Crippen LogP contribution in [0.5, 0.6) is 0 Å². The minimum Gasteiger partial charge on any atom is -0.362 e. The van der Waals surface area contributed by atoms with Crippen molar-refractivity contribution in [3.05, 3.63) is 33.4 Å². The van der Waals surface area contributed by atoms with Crippen LogP contribution in [0.1, 0.15) is 6.92 Å². The molecule has 0 bridgehead atoms. The minimum atomic E-state index is -0.496. The molecule has 0 saturated carbocycles. The second kappa shape index (κ2) is 5.21.